The maximum atomic E-state index is 11.4. The quantitative estimate of drug-likeness (QED) is 0.608. The van der Waals surface area contributed by atoms with Gasteiger partial charge in [0.15, 0.2) is 0 Å². The Morgan fingerprint density at radius 2 is 1.93 bits per heavy atom. The molecule has 0 aliphatic heterocycles. The minimum atomic E-state index is -0.186. The second-order valence-corrected chi connectivity index (χ2v) is 3.29. The van der Waals surface area contributed by atoms with Gasteiger partial charge in [0.25, 0.3) is 5.91 Å². The van der Waals surface area contributed by atoms with Gasteiger partial charge >= 0.3 is 0 Å². The van der Waals surface area contributed by atoms with E-state index in [-0.39, 0.29) is 5.91 Å². The summed E-state index contributed by atoms with van der Waals surface area (Å²) in [5.41, 5.74) is 2.96. The number of rotatable bonds is 3. The highest BCUT2D eigenvalue weighted by Crippen LogP contribution is 2.19. The van der Waals surface area contributed by atoms with Crippen molar-refractivity contribution in [3.05, 3.63) is 41.7 Å². The summed E-state index contributed by atoms with van der Waals surface area (Å²) in [6.07, 6.45) is 2.70. The third-order valence-corrected chi connectivity index (χ3v) is 2.08. The minimum Gasteiger partial charge on any atom is -0.504 e. The van der Waals surface area contributed by atoms with Gasteiger partial charge in [-0.15, -0.1) is 0 Å². The van der Waals surface area contributed by atoms with Crippen LogP contribution in [0.15, 0.2) is 30.5 Å². The smallest absolute Gasteiger partial charge is 0.251 e. The Hall–Kier alpha value is -1.77. The van der Waals surface area contributed by atoms with Gasteiger partial charge in [-0.05, 0) is 25.0 Å². The Bertz CT molecular complexity index is 363. The Labute approximate surface area is 89.8 Å². The summed E-state index contributed by atoms with van der Waals surface area (Å²) >= 11 is 0. The van der Waals surface area contributed by atoms with Crippen LogP contribution in [0.5, 0.6) is 0 Å². The van der Waals surface area contributed by atoms with Gasteiger partial charge < -0.3 is 10.1 Å². The van der Waals surface area contributed by atoms with Gasteiger partial charge in [0.1, 0.15) is 0 Å². The molecule has 3 nitrogen and oxygen atoms in total. The van der Waals surface area contributed by atoms with Crippen molar-refractivity contribution >= 4 is 11.6 Å². The van der Waals surface area contributed by atoms with Crippen molar-refractivity contribution in [1.82, 2.24) is 0 Å². The van der Waals surface area contributed by atoms with Crippen molar-refractivity contribution in [1.29, 1.82) is 0 Å². The lowest BCUT2D eigenvalue weighted by molar-refractivity contribution is -0.112. The number of nitrogens with one attached hydrogen (secondary N) is 1. The van der Waals surface area contributed by atoms with E-state index in [0.29, 0.717) is 0 Å². The lowest BCUT2D eigenvalue weighted by Crippen LogP contribution is -2.10. The fraction of sp³-hybridized carbons (Fsp3) is 0.250. The average molecular weight is 205 g/mol. The van der Waals surface area contributed by atoms with Crippen molar-refractivity contribution in [2.24, 2.45) is 0 Å². The molecule has 0 atom stereocenters. The van der Waals surface area contributed by atoms with Gasteiger partial charge in [-0.1, -0.05) is 18.2 Å². The van der Waals surface area contributed by atoms with E-state index in [1.54, 1.807) is 0 Å². The van der Waals surface area contributed by atoms with E-state index in [4.69, 9.17) is 0 Å². The van der Waals surface area contributed by atoms with Crippen molar-refractivity contribution < 1.29 is 9.53 Å². The van der Waals surface area contributed by atoms with Crippen LogP contribution in [-0.4, -0.2) is 13.0 Å². The van der Waals surface area contributed by atoms with Crippen LogP contribution in [0.1, 0.15) is 11.1 Å². The number of hydrogen-bond donors (Lipinski definition) is 1. The summed E-state index contributed by atoms with van der Waals surface area (Å²) in [5, 5.41) is 2.81. The zero-order chi connectivity index (χ0) is 11.3. The zero-order valence-electron chi connectivity index (χ0n) is 9.20. The molecule has 0 heterocycles. The monoisotopic (exact) mass is 205 g/mol. The first-order valence-electron chi connectivity index (χ1n) is 4.71. The second-order valence-electron chi connectivity index (χ2n) is 3.29. The molecule has 0 bridgehead atoms. The largest absolute Gasteiger partial charge is 0.504 e. The molecule has 1 rings (SSSR count). The average Bonchev–Trinajstić information content (AvgIpc) is 2.21. The van der Waals surface area contributed by atoms with Crippen LogP contribution in [-0.2, 0) is 9.53 Å². The maximum absolute atomic E-state index is 11.4. The van der Waals surface area contributed by atoms with E-state index in [2.05, 4.69) is 10.1 Å². The van der Waals surface area contributed by atoms with Gasteiger partial charge in [-0.3, -0.25) is 4.79 Å². The first kappa shape index (κ1) is 11.3. The molecule has 1 N–H and O–H groups in total. The Morgan fingerprint density at radius 3 is 2.47 bits per heavy atom. The molecule has 0 spiro atoms. The van der Waals surface area contributed by atoms with E-state index in [0.717, 1.165) is 16.8 Å². The first-order valence-corrected chi connectivity index (χ1v) is 4.71. The van der Waals surface area contributed by atoms with Crippen molar-refractivity contribution in [2.45, 2.75) is 13.8 Å². The van der Waals surface area contributed by atoms with Crippen LogP contribution in [0.2, 0.25) is 0 Å². The molecule has 15 heavy (non-hydrogen) atoms. The molecule has 0 aromatic heterocycles. The molecule has 1 aromatic carbocycles. The molecule has 0 unspecified atom stereocenters. The van der Waals surface area contributed by atoms with Gasteiger partial charge in [-0.2, -0.15) is 0 Å². The van der Waals surface area contributed by atoms with Crippen LogP contribution in [0, 0.1) is 13.8 Å². The van der Waals surface area contributed by atoms with Gasteiger partial charge in [-0.25, -0.2) is 0 Å². The van der Waals surface area contributed by atoms with Crippen LogP contribution in [0.25, 0.3) is 0 Å². The van der Waals surface area contributed by atoms with E-state index in [1.807, 2.05) is 32.0 Å². The number of aryl methyl sites for hydroxylation is 2. The SMILES string of the molecule is COC=CC(=O)Nc1c(C)cccc1C. The molecule has 1 amide bonds. The summed E-state index contributed by atoms with van der Waals surface area (Å²) in [5.74, 6) is -0.186. The summed E-state index contributed by atoms with van der Waals surface area (Å²) in [6, 6.07) is 5.89. The number of ether oxygens (including phenoxy) is 1. The molecular weight excluding hydrogens is 190 g/mol. The zero-order valence-corrected chi connectivity index (χ0v) is 9.20. The highest BCUT2D eigenvalue weighted by molar-refractivity contribution is 6.00. The number of amides is 1. The molecule has 0 saturated heterocycles. The predicted octanol–water partition coefficient (Wildman–Crippen LogP) is 2.40. The number of benzene rings is 1. The molecule has 3 heteroatoms. The lowest BCUT2D eigenvalue weighted by Gasteiger charge is -2.09. The number of methoxy groups -OCH3 is 1. The normalized spacial score (nSPS) is 10.3. The van der Waals surface area contributed by atoms with Gasteiger partial charge in [0, 0.05) is 11.8 Å². The van der Waals surface area contributed by atoms with Gasteiger partial charge in [0.05, 0.1) is 13.4 Å². The maximum Gasteiger partial charge on any atom is 0.251 e. The Morgan fingerprint density at radius 1 is 1.33 bits per heavy atom. The molecule has 0 radical (unpaired) electrons. The van der Waals surface area contributed by atoms with Crippen LogP contribution < -0.4 is 5.32 Å². The summed E-state index contributed by atoms with van der Waals surface area (Å²) in [6.45, 7) is 3.92. The number of para-hydroxylation sites is 1. The summed E-state index contributed by atoms with van der Waals surface area (Å²) < 4.78 is 4.67. The predicted molar refractivity (Wildman–Crippen MR) is 60.7 cm³/mol. The highest BCUT2D eigenvalue weighted by atomic mass is 16.5. The van der Waals surface area contributed by atoms with E-state index in [1.165, 1.54) is 19.4 Å². The Balaban J connectivity index is 2.80. The van der Waals surface area contributed by atoms with Crippen molar-refractivity contribution in [3.8, 4) is 0 Å². The molecule has 0 aliphatic rings. The van der Waals surface area contributed by atoms with Crippen LogP contribution in [0.3, 0.4) is 0 Å². The summed E-state index contributed by atoms with van der Waals surface area (Å²) in [7, 11) is 1.50. The highest BCUT2D eigenvalue weighted by Gasteiger charge is 2.03. The standard InChI is InChI=1S/C12H15NO2/c1-9-5-4-6-10(2)12(9)13-11(14)7-8-15-3/h4-8H,1-3H3,(H,13,14). The fourth-order valence-electron chi connectivity index (χ4n) is 1.31. The lowest BCUT2D eigenvalue weighted by atomic mass is 10.1. The van der Waals surface area contributed by atoms with Crippen molar-refractivity contribution in [3.63, 3.8) is 0 Å². The van der Waals surface area contributed by atoms with E-state index >= 15 is 0 Å². The molecule has 0 saturated carbocycles. The van der Waals surface area contributed by atoms with Crippen LogP contribution >= 0.6 is 0 Å². The van der Waals surface area contributed by atoms with Crippen molar-refractivity contribution in [2.75, 3.05) is 12.4 Å². The molecule has 1 aromatic rings. The Kier molecular flexibility index (Phi) is 3.92. The number of anilines is 1. The van der Waals surface area contributed by atoms with Crippen LogP contribution in [0.4, 0.5) is 5.69 Å². The molecule has 0 fully saturated rings. The van der Waals surface area contributed by atoms with E-state index in [9.17, 15) is 4.79 Å². The first-order chi connectivity index (χ1) is 7.15. The minimum absolute atomic E-state index is 0.186. The molecule has 0 aliphatic carbocycles. The molecule has 80 valence electrons. The summed E-state index contributed by atoms with van der Waals surface area (Å²) in [4.78, 5) is 11.4. The number of hydrogen-bond acceptors (Lipinski definition) is 2. The third kappa shape index (κ3) is 3.13. The topological polar surface area (TPSA) is 38.3 Å². The number of carbonyl (C=O) groups is 1. The van der Waals surface area contributed by atoms with Gasteiger partial charge in [0.2, 0.25) is 0 Å². The van der Waals surface area contributed by atoms with E-state index < -0.39 is 0 Å². The third-order valence-electron chi connectivity index (χ3n) is 2.08. The number of carbonyl (C=O) groups excluding carboxylic acids is 1. The second kappa shape index (κ2) is 5.20. The molecular formula is C12H15NO2. The fourth-order valence-corrected chi connectivity index (χ4v) is 1.31.